The molecular weight excluding hydrogens is 375 g/mol. The van der Waals surface area contributed by atoms with E-state index in [0.717, 1.165) is 6.07 Å². The fraction of sp³-hybridized carbons (Fsp3) is 0.136. The maximum absolute atomic E-state index is 14.3. The molecule has 1 heterocycles. The fourth-order valence-electron chi connectivity index (χ4n) is 3.00. The van der Waals surface area contributed by atoms with Crippen LogP contribution in [0.15, 0.2) is 66.9 Å². The minimum atomic E-state index is -1.98. The zero-order chi connectivity index (χ0) is 21.0. The Morgan fingerprint density at radius 3 is 2.55 bits per heavy atom. The monoisotopic (exact) mass is 394 g/mol. The maximum Gasteiger partial charge on any atom is 0.333 e. The molecule has 0 unspecified atom stereocenters. The van der Waals surface area contributed by atoms with Gasteiger partial charge in [-0.15, -0.1) is 0 Å². The van der Waals surface area contributed by atoms with Crippen molar-refractivity contribution < 1.29 is 23.8 Å². The first-order valence-corrected chi connectivity index (χ1v) is 8.77. The van der Waals surface area contributed by atoms with Crippen LogP contribution in [0.2, 0.25) is 0 Å². The van der Waals surface area contributed by atoms with Crippen LogP contribution in [0.3, 0.4) is 0 Å². The van der Waals surface area contributed by atoms with Gasteiger partial charge in [0, 0.05) is 17.3 Å². The Hall–Kier alpha value is -3.74. The van der Waals surface area contributed by atoms with Crippen molar-refractivity contribution in [1.82, 2.24) is 10.3 Å². The molecule has 7 heteroatoms. The predicted octanol–water partition coefficient (Wildman–Crippen LogP) is 3.63. The van der Waals surface area contributed by atoms with E-state index in [1.54, 1.807) is 36.4 Å². The van der Waals surface area contributed by atoms with Crippen LogP contribution in [-0.4, -0.2) is 29.1 Å². The van der Waals surface area contributed by atoms with E-state index in [4.69, 9.17) is 4.74 Å². The lowest BCUT2D eigenvalue weighted by atomic mass is 9.91. The minimum Gasteiger partial charge on any atom is -0.497 e. The fourth-order valence-corrected chi connectivity index (χ4v) is 3.00. The van der Waals surface area contributed by atoms with E-state index in [2.05, 4.69) is 10.3 Å². The van der Waals surface area contributed by atoms with Gasteiger partial charge in [-0.2, -0.15) is 0 Å². The summed E-state index contributed by atoms with van der Waals surface area (Å²) < 4.78 is 19.5. The number of methoxy groups -OCH3 is 1. The normalized spacial score (nSPS) is 12.7. The standard InChI is InChI=1S/C22H19FN2O4/c1-22(21(27)28,17-10-3-4-11-18(17)23)25-20(26)19-16(9-6-12-24-19)14-7-5-8-15(13-14)29-2/h3-13H,1-2H3,(H,25,26)(H,27,28)/t22-/m0/s1. The van der Waals surface area contributed by atoms with Crippen molar-refractivity contribution in [3.63, 3.8) is 0 Å². The Labute approximate surface area is 167 Å². The Kier molecular flexibility index (Phi) is 5.59. The van der Waals surface area contributed by atoms with E-state index in [9.17, 15) is 19.1 Å². The van der Waals surface area contributed by atoms with Crippen molar-refractivity contribution in [3.8, 4) is 16.9 Å². The zero-order valence-corrected chi connectivity index (χ0v) is 15.8. The number of carboxylic acid groups (broad SMARTS) is 1. The van der Waals surface area contributed by atoms with Crippen LogP contribution in [0.4, 0.5) is 4.39 Å². The van der Waals surface area contributed by atoms with Gasteiger partial charge in [0.15, 0.2) is 5.54 Å². The summed E-state index contributed by atoms with van der Waals surface area (Å²) in [5.74, 6) is -2.27. The Bertz CT molecular complexity index is 1070. The molecule has 148 valence electrons. The summed E-state index contributed by atoms with van der Waals surface area (Å²) in [6, 6.07) is 15.8. The molecule has 2 aromatic carbocycles. The lowest BCUT2D eigenvalue weighted by molar-refractivity contribution is -0.144. The summed E-state index contributed by atoms with van der Waals surface area (Å²) >= 11 is 0. The topological polar surface area (TPSA) is 88.5 Å². The van der Waals surface area contributed by atoms with Gasteiger partial charge in [-0.05, 0) is 36.8 Å². The van der Waals surface area contributed by atoms with Crippen molar-refractivity contribution in [3.05, 3.63) is 83.9 Å². The van der Waals surface area contributed by atoms with Gasteiger partial charge in [0.2, 0.25) is 0 Å². The first kappa shape index (κ1) is 20.0. The van der Waals surface area contributed by atoms with E-state index in [-0.39, 0.29) is 11.3 Å². The highest BCUT2D eigenvalue weighted by atomic mass is 19.1. The SMILES string of the molecule is COc1cccc(-c2cccnc2C(=O)N[C@](C)(C(=O)O)c2ccccc2F)c1. The van der Waals surface area contributed by atoms with Crippen LogP contribution < -0.4 is 10.1 Å². The molecule has 3 rings (SSSR count). The molecule has 3 aromatic rings. The molecule has 1 amide bonds. The number of aromatic nitrogens is 1. The van der Waals surface area contributed by atoms with Gasteiger partial charge < -0.3 is 15.2 Å². The molecule has 0 saturated heterocycles. The smallest absolute Gasteiger partial charge is 0.333 e. The first-order valence-electron chi connectivity index (χ1n) is 8.77. The highest BCUT2D eigenvalue weighted by Gasteiger charge is 2.39. The molecule has 0 spiro atoms. The number of aliphatic carboxylic acids is 1. The number of carboxylic acids is 1. The second-order valence-electron chi connectivity index (χ2n) is 6.50. The molecule has 0 aliphatic carbocycles. The highest BCUT2D eigenvalue weighted by molar-refractivity contribution is 6.01. The lowest BCUT2D eigenvalue weighted by Crippen LogP contribution is -2.50. The minimum absolute atomic E-state index is 0.0181. The second-order valence-corrected chi connectivity index (χ2v) is 6.50. The van der Waals surface area contributed by atoms with Gasteiger partial charge in [-0.25, -0.2) is 9.18 Å². The largest absolute Gasteiger partial charge is 0.497 e. The van der Waals surface area contributed by atoms with Crippen LogP contribution in [0.25, 0.3) is 11.1 Å². The van der Waals surface area contributed by atoms with Gasteiger partial charge in [-0.3, -0.25) is 9.78 Å². The molecule has 2 N–H and O–H groups in total. The molecular formula is C22H19FN2O4. The number of rotatable bonds is 6. The Balaban J connectivity index is 2.03. The molecule has 0 aliphatic rings. The summed E-state index contributed by atoms with van der Waals surface area (Å²) in [6.45, 7) is 1.24. The number of pyridine rings is 1. The van der Waals surface area contributed by atoms with Crippen LogP contribution in [-0.2, 0) is 10.3 Å². The number of ether oxygens (including phenoxy) is 1. The van der Waals surface area contributed by atoms with E-state index >= 15 is 0 Å². The average molecular weight is 394 g/mol. The number of amides is 1. The van der Waals surface area contributed by atoms with Crippen LogP contribution in [0.5, 0.6) is 5.75 Å². The molecule has 0 saturated carbocycles. The third-order valence-corrected chi connectivity index (χ3v) is 4.61. The number of nitrogens with zero attached hydrogens (tertiary/aromatic N) is 1. The van der Waals surface area contributed by atoms with Gasteiger partial charge >= 0.3 is 5.97 Å². The summed E-state index contributed by atoms with van der Waals surface area (Å²) in [5, 5.41) is 12.2. The summed E-state index contributed by atoms with van der Waals surface area (Å²) in [6.07, 6.45) is 1.43. The van der Waals surface area contributed by atoms with E-state index in [1.807, 2.05) is 0 Å². The van der Waals surface area contributed by atoms with Crippen LogP contribution >= 0.6 is 0 Å². The first-order chi connectivity index (χ1) is 13.9. The summed E-state index contributed by atoms with van der Waals surface area (Å²) in [7, 11) is 1.53. The van der Waals surface area contributed by atoms with Gasteiger partial charge in [0.05, 0.1) is 7.11 Å². The Morgan fingerprint density at radius 2 is 1.86 bits per heavy atom. The number of hydrogen-bond donors (Lipinski definition) is 2. The molecule has 6 nitrogen and oxygen atoms in total. The molecule has 29 heavy (non-hydrogen) atoms. The van der Waals surface area contributed by atoms with Crippen molar-refractivity contribution >= 4 is 11.9 Å². The molecule has 0 bridgehead atoms. The summed E-state index contributed by atoms with van der Waals surface area (Å²) in [4.78, 5) is 29.1. The molecule has 0 fully saturated rings. The van der Waals surface area contributed by atoms with E-state index < -0.39 is 23.2 Å². The van der Waals surface area contributed by atoms with Crippen LogP contribution in [0, 0.1) is 5.82 Å². The van der Waals surface area contributed by atoms with Crippen molar-refractivity contribution in [1.29, 1.82) is 0 Å². The number of benzene rings is 2. The van der Waals surface area contributed by atoms with Gasteiger partial charge in [-0.1, -0.05) is 36.4 Å². The van der Waals surface area contributed by atoms with Crippen molar-refractivity contribution in [2.75, 3.05) is 7.11 Å². The molecule has 1 aromatic heterocycles. The number of carbonyl (C=O) groups excluding carboxylic acids is 1. The van der Waals surface area contributed by atoms with E-state index in [0.29, 0.717) is 16.9 Å². The molecule has 0 aliphatic heterocycles. The predicted molar refractivity (Wildman–Crippen MR) is 105 cm³/mol. The highest BCUT2D eigenvalue weighted by Crippen LogP contribution is 2.28. The lowest BCUT2D eigenvalue weighted by Gasteiger charge is -2.27. The van der Waals surface area contributed by atoms with Crippen LogP contribution in [0.1, 0.15) is 23.0 Å². The number of carbonyl (C=O) groups is 2. The van der Waals surface area contributed by atoms with E-state index in [1.165, 1.54) is 38.4 Å². The second kappa shape index (κ2) is 8.10. The molecule has 1 atom stereocenters. The average Bonchev–Trinajstić information content (AvgIpc) is 2.73. The third kappa shape index (κ3) is 3.94. The van der Waals surface area contributed by atoms with Gasteiger partial charge in [0.25, 0.3) is 5.91 Å². The Morgan fingerprint density at radius 1 is 1.10 bits per heavy atom. The van der Waals surface area contributed by atoms with Crippen molar-refractivity contribution in [2.24, 2.45) is 0 Å². The molecule has 0 radical (unpaired) electrons. The van der Waals surface area contributed by atoms with Gasteiger partial charge in [0.1, 0.15) is 17.3 Å². The third-order valence-electron chi connectivity index (χ3n) is 4.61. The maximum atomic E-state index is 14.3. The van der Waals surface area contributed by atoms with Crippen molar-refractivity contribution in [2.45, 2.75) is 12.5 Å². The zero-order valence-electron chi connectivity index (χ0n) is 15.8. The number of halogens is 1. The summed E-state index contributed by atoms with van der Waals surface area (Å²) in [5.41, 5.74) is -0.953. The number of nitrogens with one attached hydrogen (secondary N) is 1. The number of hydrogen-bond acceptors (Lipinski definition) is 4. The quantitative estimate of drug-likeness (QED) is 0.667.